The van der Waals surface area contributed by atoms with Crippen molar-refractivity contribution < 1.29 is 67.4 Å². The summed E-state index contributed by atoms with van der Waals surface area (Å²) in [5.74, 6) is 0.0241. The van der Waals surface area contributed by atoms with Crippen LogP contribution in [0.3, 0.4) is 0 Å². The van der Waals surface area contributed by atoms with E-state index in [2.05, 4.69) is 5.90 Å². The summed E-state index contributed by atoms with van der Waals surface area (Å²) in [6.07, 6.45) is -9.21. The maximum Gasteiger partial charge on any atom is 0.430 e. The van der Waals surface area contributed by atoms with E-state index in [0.29, 0.717) is 19.1 Å². The Morgan fingerprint density at radius 3 is 2.38 bits per heavy atom. The Hall–Kier alpha value is -2.14. The summed E-state index contributed by atoms with van der Waals surface area (Å²) in [6.45, 7) is 1.05. The van der Waals surface area contributed by atoms with Crippen LogP contribution < -0.4 is 10.6 Å². The summed E-state index contributed by atoms with van der Waals surface area (Å²) in [5, 5.41) is 6.75. The van der Waals surface area contributed by atoms with Crippen LogP contribution in [0.4, 0.5) is 32.6 Å². The Morgan fingerprint density at radius 1 is 1.15 bits per heavy atom. The van der Waals surface area contributed by atoms with Crippen molar-refractivity contribution in [2.75, 3.05) is 13.2 Å². The Balaban J connectivity index is 0.00000158. The standard InChI is InChI=1S/C18H16F8O5S.H4NO/c1-8-4-10(32(22,23,24,25)26)5-9-6-11(16(18(19,20)21)31-14(8)9)17(27)30-13-7-29-12-2-3-28-15(12)13;1-2/h4-6,12-13,15-16H,2-3,7H2,1H3;2H,1H3/q;+1. The van der Waals surface area contributed by atoms with Gasteiger partial charge < -0.3 is 18.9 Å². The highest BCUT2D eigenvalue weighted by Gasteiger charge is 2.66. The van der Waals surface area contributed by atoms with E-state index < -0.39 is 74.1 Å². The molecule has 0 aromatic heterocycles. The van der Waals surface area contributed by atoms with E-state index in [1.807, 2.05) is 0 Å². The van der Waals surface area contributed by atoms with Crippen LogP contribution >= 0.6 is 10.2 Å². The summed E-state index contributed by atoms with van der Waals surface area (Å²) >= 11 is 0. The molecule has 3 aliphatic heterocycles. The van der Waals surface area contributed by atoms with Gasteiger partial charge in [-0.25, -0.2) is 15.9 Å². The van der Waals surface area contributed by atoms with Gasteiger partial charge >= 0.3 is 22.4 Å². The Labute approximate surface area is 187 Å². The number of aryl methyl sites for hydroxylation is 1. The lowest BCUT2D eigenvalue weighted by Crippen LogP contribution is -2.42. The largest absolute Gasteiger partial charge is 0.475 e. The Bertz CT molecular complexity index is 1010. The van der Waals surface area contributed by atoms with Crippen molar-refractivity contribution >= 4 is 22.3 Å². The summed E-state index contributed by atoms with van der Waals surface area (Å²) in [5.41, 5.74) is -2.53. The smallest absolute Gasteiger partial charge is 0.430 e. The van der Waals surface area contributed by atoms with Gasteiger partial charge in [0, 0.05) is 12.2 Å². The van der Waals surface area contributed by atoms with E-state index in [1.165, 1.54) is 0 Å². The molecule has 2 saturated heterocycles. The number of rotatable bonds is 3. The summed E-state index contributed by atoms with van der Waals surface area (Å²) in [4.78, 5) is 10.2. The van der Waals surface area contributed by atoms with E-state index in [9.17, 15) is 37.4 Å². The number of fused-ring (bicyclic) bond motifs is 2. The molecule has 0 aliphatic carbocycles. The average molecular weight is 530 g/mol. The van der Waals surface area contributed by atoms with Crippen LogP contribution in [-0.2, 0) is 19.0 Å². The fraction of sp³-hybridized carbons (Fsp3) is 0.500. The van der Waals surface area contributed by atoms with Gasteiger partial charge in [0.15, 0.2) is 6.10 Å². The molecule has 194 valence electrons. The van der Waals surface area contributed by atoms with Crippen molar-refractivity contribution in [1.82, 2.24) is 0 Å². The molecule has 4 unspecified atom stereocenters. The molecule has 34 heavy (non-hydrogen) atoms. The lowest BCUT2D eigenvalue weighted by Gasteiger charge is -2.41. The molecule has 3 heterocycles. The number of quaternary nitrogens is 1. The summed E-state index contributed by atoms with van der Waals surface area (Å²) in [7, 11) is -10.1. The van der Waals surface area contributed by atoms with Crippen LogP contribution in [-0.4, -0.2) is 55.0 Å². The Morgan fingerprint density at radius 2 is 1.79 bits per heavy atom. The molecular weight excluding hydrogens is 510 g/mol. The molecule has 4 atom stereocenters. The van der Waals surface area contributed by atoms with Crippen LogP contribution in [0.25, 0.3) is 6.08 Å². The zero-order chi connectivity index (χ0) is 25.8. The predicted octanol–water partition coefficient (Wildman–Crippen LogP) is 4.08. The number of hydrogen-bond acceptors (Lipinski definition) is 6. The number of halogens is 8. The predicted molar refractivity (Wildman–Crippen MR) is 99.7 cm³/mol. The van der Waals surface area contributed by atoms with Crippen molar-refractivity contribution in [2.45, 2.75) is 48.8 Å². The van der Waals surface area contributed by atoms with Gasteiger partial charge in [-0.2, -0.15) is 13.2 Å². The number of alkyl halides is 3. The van der Waals surface area contributed by atoms with E-state index in [1.54, 1.807) is 0 Å². The second-order valence-corrected chi connectivity index (χ2v) is 10.1. The second-order valence-electron chi connectivity index (χ2n) is 7.71. The van der Waals surface area contributed by atoms with Gasteiger partial charge in [-0.3, -0.25) is 0 Å². The summed E-state index contributed by atoms with van der Waals surface area (Å²) < 4.78 is 128. The maximum absolute atomic E-state index is 13.6. The highest BCUT2D eigenvalue weighted by atomic mass is 32.5. The molecule has 0 amide bonds. The fourth-order valence-corrected chi connectivity index (χ4v) is 4.58. The first-order valence-electron chi connectivity index (χ1n) is 9.53. The lowest BCUT2D eigenvalue weighted by atomic mass is 9.99. The van der Waals surface area contributed by atoms with Gasteiger partial charge in [0.2, 0.25) is 6.10 Å². The van der Waals surface area contributed by atoms with Crippen LogP contribution in [0.15, 0.2) is 22.6 Å². The molecule has 0 saturated carbocycles. The molecule has 2 fully saturated rings. The first-order valence-corrected chi connectivity index (χ1v) is 11.5. The molecule has 16 heteroatoms. The first-order chi connectivity index (χ1) is 15.4. The van der Waals surface area contributed by atoms with E-state index in [-0.39, 0.29) is 18.7 Å². The highest BCUT2D eigenvalue weighted by Crippen LogP contribution is 3.02. The first kappa shape index (κ1) is 26.5. The number of carbonyl (C=O) groups is 1. The molecule has 0 radical (unpaired) electrons. The van der Waals surface area contributed by atoms with Gasteiger partial charge in [-0.15, -0.1) is 0 Å². The maximum atomic E-state index is 13.6. The van der Waals surface area contributed by atoms with Crippen molar-refractivity contribution in [2.24, 2.45) is 0 Å². The summed E-state index contributed by atoms with van der Waals surface area (Å²) in [6, 6.07) is -0.0308. The van der Waals surface area contributed by atoms with Gasteiger partial charge in [-0.1, -0.05) is 19.4 Å². The zero-order valence-corrected chi connectivity index (χ0v) is 18.1. The van der Waals surface area contributed by atoms with Gasteiger partial charge in [0.1, 0.15) is 16.7 Å². The highest BCUT2D eigenvalue weighted by molar-refractivity contribution is 8.45. The fourth-order valence-electron chi connectivity index (χ4n) is 3.83. The molecule has 4 rings (SSSR count). The van der Waals surface area contributed by atoms with E-state index >= 15 is 0 Å². The van der Waals surface area contributed by atoms with Gasteiger partial charge in [0.25, 0.3) is 0 Å². The van der Waals surface area contributed by atoms with E-state index in [4.69, 9.17) is 24.2 Å². The Kier molecular flexibility index (Phi) is 6.18. The topological polar surface area (TPSA) is 102 Å². The number of esters is 1. The molecule has 3 aliphatic rings. The van der Waals surface area contributed by atoms with Crippen molar-refractivity contribution in [1.29, 1.82) is 0 Å². The molecule has 0 bridgehead atoms. The molecule has 7 nitrogen and oxygen atoms in total. The van der Waals surface area contributed by atoms with Crippen LogP contribution in [0.1, 0.15) is 17.5 Å². The van der Waals surface area contributed by atoms with Crippen molar-refractivity contribution in [3.05, 3.63) is 28.8 Å². The van der Waals surface area contributed by atoms with Crippen molar-refractivity contribution in [3.8, 4) is 5.75 Å². The minimum atomic E-state index is -10.1. The minimum Gasteiger partial charge on any atom is -0.475 e. The van der Waals surface area contributed by atoms with E-state index in [0.717, 1.165) is 6.92 Å². The molecular formula is C18H20F8NO6S+. The average Bonchev–Trinajstić information content (AvgIpc) is 3.31. The SMILES string of the molecule is Cc1cc(S(F)(F)(F)(F)F)cc2c1OC(C(F)(F)F)C(C(=O)OC1COC3CCOC31)=C2.[NH3+]O. The third kappa shape index (κ3) is 5.25. The zero-order valence-electron chi connectivity index (χ0n) is 17.3. The number of benzene rings is 1. The molecule has 1 aromatic carbocycles. The number of ether oxygens (including phenoxy) is 4. The molecule has 0 spiro atoms. The van der Waals surface area contributed by atoms with Crippen molar-refractivity contribution in [3.63, 3.8) is 0 Å². The second kappa shape index (κ2) is 7.94. The van der Waals surface area contributed by atoms with Crippen LogP contribution in [0.2, 0.25) is 0 Å². The minimum absolute atomic E-state index is 0.0123. The van der Waals surface area contributed by atoms with Gasteiger partial charge in [-0.05, 0) is 37.1 Å². The molecule has 1 aromatic rings. The third-order valence-corrected chi connectivity index (χ3v) is 6.39. The quantitative estimate of drug-likeness (QED) is 0.347. The van der Waals surface area contributed by atoms with Crippen LogP contribution in [0.5, 0.6) is 5.75 Å². The molecule has 4 N–H and O–H groups in total. The monoisotopic (exact) mass is 530 g/mol. The van der Waals surface area contributed by atoms with Crippen LogP contribution in [0, 0.1) is 6.92 Å². The third-order valence-electron chi connectivity index (χ3n) is 5.26. The number of hydrogen-bond donors (Lipinski definition) is 2. The number of carbonyl (C=O) groups excluding carboxylic acids is 1. The normalized spacial score (nSPS) is 28.3. The van der Waals surface area contributed by atoms with Gasteiger partial charge in [0.05, 0.1) is 18.3 Å². The lowest BCUT2D eigenvalue weighted by molar-refractivity contribution is -0.670.